The summed E-state index contributed by atoms with van der Waals surface area (Å²) in [5.41, 5.74) is 0. The molecule has 0 radical (unpaired) electrons. The lowest BCUT2D eigenvalue weighted by atomic mass is 10.0. The summed E-state index contributed by atoms with van der Waals surface area (Å²) in [6.07, 6.45) is 30.4. The van der Waals surface area contributed by atoms with Crippen LogP contribution in [-0.2, 0) is 6.54 Å². The minimum atomic E-state index is 0. The molecule has 0 aliphatic carbocycles. The van der Waals surface area contributed by atoms with Crippen molar-refractivity contribution >= 4 is 0 Å². The lowest BCUT2D eigenvalue weighted by Gasteiger charge is -2.03. The molecule has 1 rings (SSSR count). The van der Waals surface area contributed by atoms with Gasteiger partial charge in [0.2, 0.25) is 0 Å². The van der Waals surface area contributed by atoms with E-state index in [1.165, 1.54) is 122 Å². The van der Waals surface area contributed by atoms with Crippen LogP contribution in [0.2, 0.25) is 0 Å². The van der Waals surface area contributed by atoms with Gasteiger partial charge in [-0.15, -0.1) is 0 Å². The van der Waals surface area contributed by atoms with E-state index >= 15 is 0 Å². The van der Waals surface area contributed by atoms with Crippen LogP contribution in [0.15, 0.2) is 30.6 Å². The number of aromatic nitrogens is 1. The highest BCUT2D eigenvalue weighted by molar-refractivity contribution is 4.83. The fraction of sp³-hybridized carbons (Fsp3) is 0.800. The summed E-state index contributed by atoms with van der Waals surface area (Å²) in [6, 6.07) is 6.33. The smallest absolute Gasteiger partial charge is 0.168 e. The molecular formula is C25H46FN. The molecule has 0 bridgehead atoms. The Hall–Kier alpha value is -0.920. The van der Waals surface area contributed by atoms with Gasteiger partial charge in [-0.2, -0.15) is 0 Å². The molecule has 0 aliphatic rings. The maximum absolute atomic E-state index is 2.30. The lowest BCUT2D eigenvalue weighted by molar-refractivity contribution is -0.697. The van der Waals surface area contributed by atoms with E-state index in [-0.39, 0.29) is 4.70 Å². The van der Waals surface area contributed by atoms with Gasteiger partial charge in [-0.25, -0.2) is 4.57 Å². The zero-order valence-electron chi connectivity index (χ0n) is 18.1. The zero-order valence-corrected chi connectivity index (χ0v) is 18.1. The number of pyridine rings is 1. The van der Waals surface area contributed by atoms with Gasteiger partial charge in [-0.05, 0) is 6.42 Å². The topological polar surface area (TPSA) is 3.88 Å². The highest BCUT2D eigenvalue weighted by atomic mass is 19.0. The molecule has 0 N–H and O–H groups in total. The molecule has 1 nitrogen and oxygen atoms in total. The molecule has 1 aromatic heterocycles. The van der Waals surface area contributed by atoms with Gasteiger partial charge in [-0.1, -0.05) is 116 Å². The predicted molar refractivity (Wildman–Crippen MR) is 115 cm³/mol. The Balaban J connectivity index is 0.00000676. The van der Waals surface area contributed by atoms with E-state index in [9.17, 15) is 0 Å². The molecule has 0 amide bonds. The van der Waals surface area contributed by atoms with Crippen LogP contribution in [-0.4, -0.2) is 0 Å². The van der Waals surface area contributed by atoms with Crippen LogP contribution >= 0.6 is 0 Å². The van der Waals surface area contributed by atoms with Crippen LogP contribution in [0.25, 0.3) is 0 Å². The normalized spacial score (nSPS) is 10.7. The van der Waals surface area contributed by atoms with Gasteiger partial charge in [-0.3, -0.25) is 0 Å². The number of nitrogens with zero attached hydrogens (tertiary/aromatic N) is 1. The first-order valence-electron chi connectivity index (χ1n) is 11.9. The Morgan fingerprint density at radius 2 is 0.778 bits per heavy atom. The molecule has 158 valence electrons. The molecule has 0 atom stereocenters. The second-order valence-electron chi connectivity index (χ2n) is 8.12. The van der Waals surface area contributed by atoms with E-state index < -0.39 is 0 Å². The number of hydrogen-bond acceptors (Lipinski definition) is 0. The van der Waals surface area contributed by atoms with Crippen LogP contribution in [0.5, 0.6) is 0 Å². The third kappa shape index (κ3) is 18.2. The maximum Gasteiger partial charge on any atom is 0.168 e. The van der Waals surface area contributed by atoms with Crippen LogP contribution in [0.1, 0.15) is 122 Å². The van der Waals surface area contributed by atoms with Crippen LogP contribution in [0.3, 0.4) is 0 Å². The summed E-state index contributed by atoms with van der Waals surface area (Å²) in [6.45, 7) is 3.48. The Morgan fingerprint density at radius 3 is 1.15 bits per heavy atom. The van der Waals surface area contributed by atoms with E-state index in [0.717, 1.165) is 0 Å². The Labute approximate surface area is 169 Å². The van der Waals surface area contributed by atoms with Crippen molar-refractivity contribution in [3.05, 3.63) is 30.6 Å². The van der Waals surface area contributed by atoms with Crippen LogP contribution in [0.4, 0.5) is 0 Å². The molecule has 1 aromatic rings. The van der Waals surface area contributed by atoms with E-state index in [1.807, 2.05) is 0 Å². The number of unbranched alkanes of at least 4 members (excludes halogenated alkanes) is 17. The largest absolute Gasteiger partial charge is 1.00 e. The van der Waals surface area contributed by atoms with Crippen LogP contribution < -0.4 is 9.27 Å². The number of hydrogen-bond donors (Lipinski definition) is 0. The summed E-state index contributed by atoms with van der Waals surface area (Å²) in [5.74, 6) is 0. The number of rotatable bonds is 19. The standard InChI is InChI=1S/C25H46N.FH/c1-2-3-4-5-6-7-8-9-10-11-12-13-14-15-16-17-18-20-23-26-24-21-19-22-25-26;/h19,21-22,24-25H,2-18,20,23H2,1H3;1H/q+1;/p-1. The van der Waals surface area contributed by atoms with E-state index in [4.69, 9.17) is 0 Å². The maximum atomic E-state index is 2.30. The average Bonchev–Trinajstić information content (AvgIpc) is 2.68. The lowest BCUT2D eigenvalue weighted by Crippen LogP contribution is -3.00. The van der Waals surface area contributed by atoms with Gasteiger partial charge in [0.25, 0.3) is 0 Å². The fourth-order valence-electron chi connectivity index (χ4n) is 3.78. The quantitative estimate of drug-likeness (QED) is 0.235. The molecule has 0 saturated heterocycles. The second kappa shape index (κ2) is 21.4. The fourth-order valence-corrected chi connectivity index (χ4v) is 3.78. The molecule has 0 fully saturated rings. The Morgan fingerprint density at radius 1 is 0.444 bits per heavy atom. The van der Waals surface area contributed by atoms with Crippen LogP contribution in [0, 0.1) is 0 Å². The van der Waals surface area contributed by atoms with E-state index in [1.54, 1.807) is 0 Å². The SMILES string of the molecule is CCCCCCCCCCCCCCCCCCCC[n+]1ccccc1.[F-]. The molecule has 0 saturated carbocycles. The van der Waals surface area contributed by atoms with Crippen molar-refractivity contribution in [1.82, 2.24) is 0 Å². The van der Waals surface area contributed by atoms with Gasteiger partial charge in [0.15, 0.2) is 12.4 Å². The first-order chi connectivity index (χ1) is 12.9. The minimum absolute atomic E-state index is 0. The van der Waals surface area contributed by atoms with Crippen molar-refractivity contribution in [2.75, 3.05) is 0 Å². The summed E-state index contributed by atoms with van der Waals surface area (Å²) in [4.78, 5) is 0. The van der Waals surface area contributed by atoms with Crippen molar-refractivity contribution in [2.24, 2.45) is 0 Å². The van der Waals surface area contributed by atoms with E-state index in [0.29, 0.717) is 0 Å². The van der Waals surface area contributed by atoms with Crippen molar-refractivity contribution in [3.8, 4) is 0 Å². The summed E-state index contributed by atoms with van der Waals surface area (Å²) in [5, 5.41) is 0. The molecule has 0 aliphatic heterocycles. The Kier molecular flexibility index (Phi) is 20.7. The summed E-state index contributed by atoms with van der Waals surface area (Å²) in [7, 11) is 0. The molecule has 0 aromatic carbocycles. The number of aryl methyl sites for hydroxylation is 1. The highest BCUT2D eigenvalue weighted by Crippen LogP contribution is 2.14. The van der Waals surface area contributed by atoms with Gasteiger partial charge >= 0.3 is 0 Å². The molecule has 0 spiro atoms. The average molecular weight is 380 g/mol. The Bertz CT molecular complexity index is 379. The van der Waals surface area contributed by atoms with Crippen molar-refractivity contribution < 1.29 is 9.27 Å². The third-order valence-electron chi connectivity index (χ3n) is 5.55. The zero-order chi connectivity index (χ0) is 18.5. The highest BCUT2D eigenvalue weighted by Gasteiger charge is 1.98. The molecule has 0 unspecified atom stereocenters. The van der Waals surface area contributed by atoms with Gasteiger partial charge in [0.1, 0.15) is 6.54 Å². The number of halogens is 1. The second-order valence-corrected chi connectivity index (χ2v) is 8.12. The van der Waals surface area contributed by atoms with Crippen molar-refractivity contribution in [3.63, 3.8) is 0 Å². The molecular weight excluding hydrogens is 333 g/mol. The van der Waals surface area contributed by atoms with E-state index in [2.05, 4.69) is 42.1 Å². The predicted octanol–water partition coefficient (Wildman–Crippen LogP) is 5.02. The summed E-state index contributed by atoms with van der Waals surface area (Å²) >= 11 is 0. The first-order valence-corrected chi connectivity index (χ1v) is 11.9. The monoisotopic (exact) mass is 379 g/mol. The van der Waals surface area contributed by atoms with Crippen molar-refractivity contribution in [2.45, 2.75) is 129 Å². The first kappa shape index (κ1) is 26.1. The molecule has 1 heterocycles. The third-order valence-corrected chi connectivity index (χ3v) is 5.55. The van der Waals surface area contributed by atoms with Crippen molar-refractivity contribution in [1.29, 1.82) is 0 Å². The van der Waals surface area contributed by atoms with Gasteiger partial charge < -0.3 is 4.70 Å². The summed E-state index contributed by atoms with van der Waals surface area (Å²) < 4.78 is 2.30. The molecule has 2 heteroatoms. The molecule has 27 heavy (non-hydrogen) atoms. The van der Waals surface area contributed by atoms with Gasteiger partial charge in [0.05, 0.1) is 0 Å². The van der Waals surface area contributed by atoms with Gasteiger partial charge in [0, 0.05) is 18.6 Å². The minimum Gasteiger partial charge on any atom is -1.00 e.